The fraction of sp³-hybridized carbons (Fsp3) is 0.625. The summed E-state index contributed by atoms with van der Waals surface area (Å²) < 4.78 is 5.65. The Morgan fingerprint density at radius 3 is 2.28 bits per heavy atom. The molecule has 1 unspecified atom stereocenters. The quantitative estimate of drug-likeness (QED) is 0.822. The lowest BCUT2D eigenvalue weighted by Crippen LogP contribution is -2.25. The molecule has 0 heterocycles. The van der Waals surface area contributed by atoms with Crippen LogP contribution in [0.3, 0.4) is 0 Å². The van der Waals surface area contributed by atoms with Gasteiger partial charge in [0.2, 0.25) is 0 Å². The number of rotatable bonds is 6. The van der Waals surface area contributed by atoms with Crippen molar-refractivity contribution in [1.29, 1.82) is 0 Å². The van der Waals surface area contributed by atoms with Gasteiger partial charge in [0.1, 0.15) is 5.75 Å². The van der Waals surface area contributed by atoms with Crippen LogP contribution < -0.4 is 10.1 Å². The van der Waals surface area contributed by atoms with Gasteiger partial charge in [-0.1, -0.05) is 19.1 Å². The third-order valence-corrected chi connectivity index (χ3v) is 3.69. The molecule has 0 aliphatic heterocycles. The minimum absolute atomic E-state index is 0.237. The second-order valence-electron chi connectivity index (χ2n) is 6.15. The van der Waals surface area contributed by atoms with Crippen molar-refractivity contribution in [3.63, 3.8) is 0 Å². The molecule has 0 bridgehead atoms. The highest BCUT2D eigenvalue weighted by Crippen LogP contribution is 2.44. The summed E-state index contributed by atoms with van der Waals surface area (Å²) in [5.74, 6) is 0.954. The maximum atomic E-state index is 5.65. The highest BCUT2D eigenvalue weighted by atomic mass is 16.5. The van der Waals surface area contributed by atoms with Gasteiger partial charge in [-0.05, 0) is 56.7 Å². The van der Waals surface area contributed by atoms with E-state index in [1.54, 1.807) is 0 Å². The molecule has 0 aromatic heterocycles. The molecule has 1 aliphatic rings. The molecule has 100 valence electrons. The van der Waals surface area contributed by atoms with Gasteiger partial charge in [-0.3, -0.25) is 0 Å². The number of nitrogens with one attached hydrogen (secondary N) is 1. The first-order chi connectivity index (χ1) is 8.48. The van der Waals surface area contributed by atoms with E-state index in [0.717, 1.165) is 12.3 Å². The Morgan fingerprint density at radius 1 is 1.17 bits per heavy atom. The van der Waals surface area contributed by atoms with Crippen LogP contribution >= 0.6 is 0 Å². The summed E-state index contributed by atoms with van der Waals surface area (Å²) in [5.41, 5.74) is 1.89. The smallest absolute Gasteiger partial charge is 0.119 e. The van der Waals surface area contributed by atoms with Crippen LogP contribution in [0, 0.1) is 5.41 Å². The molecule has 0 spiro atoms. The van der Waals surface area contributed by atoms with E-state index in [2.05, 4.69) is 57.3 Å². The molecule has 0 saturated heterocycles. The molecular weight excluding hydrogens is 222 g/mol. The van der Waals surface area contributed by atoms with Crippen molar-refractivity contribution in [2.45, 2.75) is 52.7 Å². The average Bonchev–Trinajstić information content (AvgIpc) is 3.05. The van der Waals surface area contributed by atoms with Gasteiger partial charge in [0.25, 0.3) is 0 Å². The van der Waals surface area contributed by atoms with Gasteiger partial charge in [-0.15, -0.1) is 0 Å². The molecule has 1 saturated carbocycles. The van der Waals surface area contributed by atoms with Crippen molar-refractivity contribution in [3.05, 3.63) is 29.8 Å². The van der Waals surface area contributed by atoms with Gasteiger partial charge >= 0.3 is 0 Å². The van der Waals surface area contributed by atoms with E-state index in [-0.39, 0.29) is 6.10 Å². The number of hydrogen-bond donors (Lipinski definition) is 1. The van der Waals surface area contributed by atoms with Crippen LogP contribution in [-0.4, -0.2) is 12.6 Å². The van der Waals surface area contributed by atoms with Crippen LogP contribution in [0.2, 0.25) is 0 Å². The first kappa shape index (κ1) is 13.4. The first-order valence-corrected chi connectivity index (χ1v) is 6.98. The second-order valence-corrected chi connectivity index (χ2v) is 6.15. The van der Waals surface area contributed by atoms with E-state index in [0.29, 0.717) is 11.5 Å². The highest BCUT2D eigenvalue weighted by Gasteiger charge is 2.36. The Morgan fingerprint density at radius 2 is 1.78 bits per heavy atom. The van der Waals surface area contributed by atoms with Gasteiger partial charge in [0, 0.05) is 12.6 Å². The van der Waals surface area contributed by atoms with E-state index in [4.69, 9.17) is 4.74 Å². The largest absolute Gasteiger partial charge is 0.491 e. The van der Waals surface area contributed by atoms with Gasteiger partial charge in [-0.25, -0.2) is 0 Å². The maximum Gasteiger partial charge on any atom is 0.119 e. The summed E-state index contributed by atoms with van der Waals surface area (Å²) in [5, 5.41) is 3.62. The van der Waals surface area contributed by atoms with Crippen molar-refractivity contribution >= 4 is 0 Å². The van der Waals surface area contributed by atoms with Crippen LogP contribution in [0.15, 0.2) is 24.3 Å². The lowest BCUT2D eigenvalue weighted by atomic mass is 10.1. The van der Waals surface area contributed by atoms with Crippen molar-refractivity contribution in [2.75, 3.05) is 6.54 Å². The Labute approximate surface area is 111 Å². The summed E-state index contributed by atoms with van der Waals surface area (Å²) in [7, 11) is 0. The molecular formula is C16H25NO. The summed E-state index contributed by atoms with van der Waals surface area (Å²) in [6, 6.07) is 8.85. The molecule has 1 fully saturated rings. The molecule has 1 aromatic rings. The standard InChI is InChI=1S/C16H25NO/c1-12(2)18-15-7-5-14(6-8-15)13(3)17-11-16(4)9-10-16/h5-8,12-13,17H,9-11H2,1-4H3. The van der Waals surface area contributed by atoms with E-state index in [1.807, 2.05) is 0 Å². The second kappa shape index (κ2) is 5.31. The Balaban J connectivity index is 1.87. The van der Waals surface area contributed by atoms with Crippen LogP contribution in [-0.2, 0) is 0 Å². The van der Waals surface area contributed by atoms with E-state index in [1.165, 1.54) is 18.4 Å². The number of hydrogen-bond acceptors (Lipinski definition) is 2. The molecule has 1 aromatic carbocycles. The number of ether oxygens (including phenoxy) is 1. The predicted octanol–water partition coefficient (Wildman–Crippen LogP) is 3.92. The topological polar surface area (TPSA) is 21.3 Å². The zero-order valence-corrected chi connectivity index (χ0v) is 12.0. The third-order valence-electron chi connectivity index (χ3n) is 3.69. The monoisotopic (exact) mass is 247 g/mol. The van der Waals surface area contributed by atoms with Crippen LogP contribution in [0.1, 0.15) is 52.1 Å². The van der Waals surface area contributed by atoms with Crippen LogP contribution in [0.25, 0.3) is 0 Å². The molecule has 1 atom stereocenters. The SMILES string of the molecule is CC(C)Oc1ccc(C(C)NCC2(C)CC2)cc1. The van der Waals surface area contributed by atoms with Crippen molar-refractivity contribution in [2.24, 2.45) is 5.41 Å². The summed E-state index contributed by atoms with van der Waals surface area (Å²) >= 11 is 0. The molecule has 1 aliphatic carbocycles. The highest BCUT2D eigenvalue weighted by molar-refractivity contribution is 5.29. The fourth-order valence-corrected chi connectivity index (χ4v) is 2.01. The lowest BCUT2D eigenvalue weighted by molar-refractivity contribution is 0.242. The van der Waals surface area contributed by atoms with Crippen molar-refractivity contribution in [1.82, 2.24) is 5.32 Å². The van der Waals surface area contributed by atoms with E-state index in [9.17, 15) is 0 Å². The zero-order valence-electron chi connectivity index (χ0n) is 12.0. The molecule has 0 amide bonds. The minimum atomic E-state index is 0.237. The lowest BCUT2D eigenvalue weighted by Gasteiger charge is -2.18. The fourth-order valence-electron chi connectivity index (χ4n) is 2.01. The summed E-state index contributed by atoms with van der Waals surface area (Å²) in [6.45, 7) is 9.80. The minimum Gasteiger partial charge on any atom is -0.491 e. The maximum absolute atomic E-state index is 5.65. The van der Waals surface area contributed by atoms with Gasteiger partial charge < -0.3 is 10.1 Å². The van der Waals surface area contributed by atoms with Crippen molar-refractivity contribution in [3.8, 4) is 5.75 Å². The van der Waals surface area contributed by atoms with E-state index >= 15 is 0 Å². The molecule has 2 nitrogen and oxygen atoms in total. The van der Waals surface area contributed by atoms with Gasteiger partial charge in [0.15, 0.2) is 0 Å². The normalized spacial score (nSPS) is 18.7. The van der Waals surface area contributed by atoms with Gasteiger partial charge in [0.05, 0.1) is 6.10 Å². The molecule has 0 radical (unpaired) electrons. The summed E-state index contributed by atoms with van der Waals surface area (Å²) in [4.78, 5) is 0. The number of benzene rings is 1. The Hall–Kier alpha value is -1.02. The third kappa shape index (κ3) is 3.74. The van der Waals surface area contributed by atoms with Crippen LogP contribution in [0.4, 0.5) is 0 Å². The Bertz CT molecular complexity index is 379. The van der Waals surface area contributed by atoms with Gasteiger partial charge in [-0.2, -0.15) is 0 Å². The predicted molar refractivity (Wildman–Crippen MR) is 76.0 cm³/mol. The summed E-state index contributed by atoms with van der Waals surface area (Å²) in [6.07, 6.45) is 2.98. The molecule has 2 rings (SSSR count). The average molecular weight is 247 g/mol. The van der Waals surface area contributed by atoms with E-state index < -0.39 is 0 Å². The molecule has 2 heteroatoms. The zero-order chi connectivity index (χ0) is 13.2. The molecule has 1 N–H and O–H groups in total. The molecule has 18 heavy (non-hydrogen) atoms. The van der Waals surface area contributed by atoms with Crippen LogP contribution in [0.5, 0.6) is 5.75 Å². The first-order valence-electron chi connectivity index (χ1n) is 6.98. The Kier molecular flexibility index (Phi) is 3.96. The van der Waals surface area contributed by atoms with Crippen molar-refractivity contribution < 1.29 is 4.74 Å².